The molecule has 0 aliphatic heterocycles. The summed E-state index contributed by atoms with van der Waals surface area (Å²) in [4.78, 5) is 0. The molecule has 0 radical (unpaired) electrons. The molecule has 2 N–H and O–H groups in total. The summed E-state index contributed by atoms with van der Waals surface area (Å²) in [5.74, 6) is 0. The molecule has 0 amide bonds. The fourth-order valence-electron chi connectivity index (χ4n) is 1.69. The van der Waals surface area contributed by atoms with Crippen LogP contribution in [0.5, 0.6) is 0 Å². The third-order valence-electron chi connectivity index (χ3n) is 2.43. The van der Waals surface area contributed by atoms with Crippen LogP contribution in [0.1, 0.15) is 17.2 Å². The van der Waals surface area contributed by atoms with Crippen molar-refractivity contribution in [3.8, 4) is 0 Å². The molecule has 94 valence electrons. The summed E-state index contributed by atoms with van der Waals surface area (Å²) >= 11 is 0. The number of hydrogen-bond donors (Lipinski definition) is 1. The predicted molar refractivity (Wildman–Crippen MR) is 68.9 cm³/mol. The lowest BCUT2D eigenvalue weighted by Crippen LogP contribution is -2.20. The van der Waals surface area contributed by atoms with Gasteiger partial charge in [0.05, 0.1) is 0 Å². The van der Waals surface area contributed by atoms with E-state index >= 15 is 0 Å². The maximum atomic E-state index is 11.1. The van der Waals surface area contributed by atoms with Gasteiger partial charge in [-0.25, -0.2) is 9.32 Å². The molecule has 0 saturated carbocycles. The zero-order valence-corrected chi connectivity index (χ0v) is 10.4. The Balaban J connectivity index is 2.42. The molecule has 0 aromatic heterocycles. The molecule has 0 spiro atoms. The fraction of sp³-hybridized carbons (Fsp3) is 0.0769. The average molecular weight is 263 g/mol. The zero-order valence-electron chi connectivity index (χ0n) is 9.56. The van der Waals surface area contributed by atoms with Crippen LogP contribution >= 0.6 is 0 Å². The van der Waals surface area contributed by atoms with Crippen molar-refractivity contribution >= 4 is 10.3 Å². The van der Waals surface area contributed by atoms with E-state index in [0.717, 1.165) is 11.1 Å². The molecule has 0 aliphatic carbocycles. The van der Waals surface area contributed by atoms with Crippen molar-refractivity contribution in [3.63, 3.8) is 0 Å². The summed E-state index contributed by atoms with van der Waals surface area (Å²) in [5, 5.41) is 4.96. The van der Waals surface area contributed by atoms with Crippen molar-refractivity contribution in [2.75, 3.05) is 0 Å². The van der Waals surface area contributed by atoms with Gasteiger partial charge in [-0.2, -0.15) is 8.42 Å². The van der Waals surface area contributed by atoms with Crippen LogP contribution < -0.4 is 5.14 Å². The number of nitrogens with two attached hydrogens (primary N) is 1. The molecule has 0 fully saturated rings. The van der Waals surface area contributed by atoms with Crippen LogP contribution in [0, 0.1) is 0 Å². The molecule has 2 aromatic rings. The highest BCUT2D eigenvalue weighted by Crippen LogP contribution is 2.26. The van der Waals surface area contributed by atoms with Crippen molar-refractivity contribution in [2.45, 2.75) is 6.10 Å². The van der Waals surface area contributed by atoms with E-state index in [1.54, 1.807) is 24.3 Å². The van der Waals surface area contributed by atoms with Gasteiger partial charge < -0.3 is 0 Å². The van der Waals surface area contributed by atoms with Crippen LogP contribution in [0.2, 0.25) is 0 Å². The van der Waals surface area contributed by atoms with Crippen molar-refractivity contribution in [2.24, 2.45) is 5.14 Å². The van der Waals surface area contributed by atoms with Gasteiger partial charge in [0.15, 0.2) is 0 Å². The molecule has 0 atom stereocenters. The summed E-state index contributed by atoms with van der Waals surface area (Å²) < 4.78 is 27.2. The normalized spacial score (nSPS) is 11.7. The maximum absolute atomic E-state index is 11.1. The molecule has 2 aromatic carbocycles. The average Bonchev–Trinajstić information content (AvgIpc) is 2.37. The third-order valence-corrected chi connectivity index (χ3v) is 2.90. The SMILES string of the molecule is NS(=O)(=O)OC(c1ccccc1)c1ccccc1. The van der Waals surface area contributed by atoms with Gasteiger partial charge in [-0.05, 0) is 11.1 Å². The third kappa shape index (κ3) is 3.40. The van der Waals surface area contributed by atoms with Gasteiger partial charge in [0.25, 0.3) is 0 Å². The predicted octanol–water partition coefficient (Wildman–Crippen LogP) is 2.00. The van der Waals surface area contributed by atoms with Gasteiger partial charge in [0.1, 0.15) is 6.10 Å². The molecule has 0 aliphatic rings. The summed E-state index contributed by atoms with van der Waals surface area (Å²) in [6.07, 6.45) is -0.720. The van der Waals surface area contributed by atoms with Gasteiger partial charge >= 0.3 is 10.3 Å². The van der Waals surface area contributed by atoms with Crippen molar-refractivity contribution in [1.82, 2.24) is 0 Å². The van der Waals surface area contributed by atoms with Crippen molar-refractivity contribution < 1.29 is 12.6 Å². The standard InChI is InChI=1S/C13H13NO3S/c14-18(15,16)17-13(11-7-3-1-4-8-11)12-9-5-2-6-10-12/h1-10,13H,(H2,14,15,16). The molecular formula is C13H13NO3S. The van der Waals surface area contributed by atoms with E-state index in [4.69, 9.17) is 9.32 Å². The Morgan fingerprint density at radius 3 is 1.56 bits per heavy atom. The second-order valence-corrected chi connectivity index (χ2v) is 4.97. The number of rotatable bonds is 4. The van der Waals surface area contributed by atoms with Crippen LogP contribution in [-0.2, 0) is 14.5 Å². The number of hydrogen-bond acceptors (Lipinski definition) is 3. The maximum Gasteiger partial charge on any atom is 0.334 e. The molecule has 5 heteroatoms. The smallest absolute Gasteiger partial charge is 0.245 e. The van der Waals surface area contributed by atoms with Gasteiger partial charge in [-0.3, -0.25) is 0 Å². The Kier molecular flexibility index (Phi) is 3.76. The molecule has 0 heterocycles. The van der Waals surface area contributed by atoms with Gasteiger partial charge in [-0.1, -0.05) is 60.7 Å². The highest BCUT2D eigenvalue weighted by Gasteiger charge is 2.19. The molecule has 0 saturated heterocycles. The fourth-order valence-corrected chi connectivity index (χ4v) is 2.18. The lowest BCUT2D eigenvalue weighted by molar-refractivity contribution is 0.254. The molecule has 2 rings (SSSR count). The first kappa shape index (κ1) is 12.8. The van der Waals surface area contributed by atoms with E-state index in [2.05, 4.69) is 0 Å². The number of benzene rings is 2. The van der Waals surface area contributed by atoms with E-state index in [1.807, 2.05) is 36.4 Å². The van der Waals surface area contributed by atoms with Crippen molar-refractivity contribution in [1.29, 1.82) is 0 Å². The topological polar surface area (TPSA) is 69.4 Å². The second kappa shape index (κ2) is 5.30. The highest BCUT2D eigenvalue weighted by atomic mass is 32.2. The Bertz CT molecular complexity index is 557. The van der Waals surface area contributed by atoms with Crippen LogP contribution in [0.3, 0.4) is 0 Å². The summed E-state index contributed by atoms with van der Waals surface area (Å²) in [6.45, 7) is 0. The van der Waals surface area contributed by atoms with E-state index < -0.39 is 16.4 Å². The quantitative estimate of drug-likeness (QED) is 0.917. The molecule has 0 unspecified atom stereocenters. The Morgan fingerprint density at radius 1 is 0.833 bits per heavy atom. The minimum atomic E-state index is -4.02. The first-order chi connectivity index (χ1) is 8.56. The lowest BCUT2D eigenvalue weighted by atomic mass is 10.0. The lowest BCUT2D eigenvalue weighted by Gasteiger charge is -2.16. The largest absolute Gasteiger partial charge is 0.334 e. The molecule has 4 nitrogen and oxygen atoms in total. The summed E-state index contributed by atoms with van der Waals surface area (Å²) in [5.41, 5.74) is 1.47. The summed E-state index contributed by atoms with van der Waals surface area (Å²) in [6, 6.07) is 18.1. The van der Waals surface area contributed by atoms with E-state index in [1.165, 1.54) is 0 Å². The second-order valence-electron chi connectivity index (χ2n) is 3.79. The first-order valence-electron chi connectivity index (χ1n) is 5.37. The first-order valence-corrected chi connectivity index (χ1v) is 6.84. The zero-order chi connectivity index (χ0) is 13.0. The molecule has 0 bridgehead atoms. The van der Waals surface area contributed by atoms with Gasteiger partial charge in [0, 0.05) is 0 Å². The van der Waals surface area contributed by atoms with E-state index in [0.29, 0.717) is 0 Å². The summed E-state index contributed by atoms with van der Waals surface area (Å²) in [7, 11) is -4.02. The highest BCUT2D eigenvalue weighted by molar-refractivity contribution is 7.84. The monoisotopic (exact) mass is 263 g/mol. The van der Waals surface area contributed by atoms with Gasteiger partial charge in [0.2, 0.25) is 0 Å². The van der Waals surface area contributed by atoms with E-state index in [9.17, 15) is 8.42 Å². The van der Waals surface area contributed by atoms with Crippen molar-refractivity contribution in [3.05, 3.63) is 71.8 Å². The van der Waals surface area contributed by atoms with Crippen LogP contribution in [-0.4, -0.2) is 8.42 Å². The van der Waals surface area contributed by atoms with Crippen LogP contribution in [0.25, 0.3) is 0 Å². The minimum Gasteiger partial charge on any atom is -0.245 e. The van der Waals surface area contributed by atoms with Gasteiger partial charge in [-0.15, -0.1) is 0 Å². The molecular weight excluding hydrogens is 250 g/mol. The Hall–Kier alpha value is -1.69. The van der Waals surface area contributed by atoms with Crippen LogP contribution in [0.15, 0.2) is 60.7 Å². The molecule has 18 heavy (non-hydrogen) atoms. The Morgan fingerprint density at radius 2 is 1.22 bits per heavy atom. The van der Waals surface area contributed by atoms with Crippen LogP contribution in [0.4, 0.5) is 0 Å². The Labute approximate surface area is 106 Å². The van der Waals surface area contributed by atoms with E-state index in [-0.39, 0.29) is 0 Å². The minimum absolute atomic E-state index is 0.720.